The molecule has 0 radical (unpaired) electrons. The smallest absolute Gasteiger partial charge is 0.407 e. The zero-order valence-electron chi connectivity index (χ0n) is 31.8. The molecule has 0 saturated carbocycles. The van der Waals surface area contributed by atoms with E-state index in [1.165, 1.54) is 122 Å². The van der Waals surface area contributed by atoms with Crippen LogP contribution in [0.2, 0.25) is 0 Å². The van der Waals surface area contributed by atoms with Crippen LogP contribution >= 0.6 is 0 Å². The molecular formula is C42H75N3O4. The molecule has 3 amide bonds. The van der Waals surface area contributed by atoms with E-state index in [4.69, 9.17) is 4.74 Å². The molecule has 3 N–H and O–H groups in total. The van der Waals surface area contributed by atoms with Crippen LogP contribution in [0.4, 0.5) is 4.79 Å². The maximum absolute atomic E-state index is 13.1. The summed E-state index contributed by atoms with van der Waals surface area (Å²) >= 11 is 0. The van der Waals surface area contributed by atoms with E-state index in [1.807, 2.05) is 30.3 Å². The molecule has 0 aliphatic carbocycles. The monoisotopic (exact) mass is 686 g/mol. The van der Waals surface area contributed by atoms with E-state index in [-0.39, 0.29) is 18.4 Å². The molecule has 0 aliphatic heterocycles. The number of hydrogen-bond acceptors (Lipinski definition) is 4. The Morgan fingerprint density at radius 3 is 1.53 bits per heavy atom. The van der Waals surface area contributed by atoms with Crippen molar-refractivity contribution in [2.45, 2.75) is 200 Å². The summed E-state index contributed by atoms with van der Waals surface area (Å²) in [4.78, 5) is 38.0. The number of benzene rings is 1. The molecule has 0 unspecified atom stereocenters. The average Bonchev–Trinajstić information content (AvgIpc) is 3.11. The van der Waals surface area contributed by atoms with E-state index in [9.17, 15) is 14.4 Å². The third kappa shape index (κ3) is 28.9. The first-order valence-corrected chi connectivity index (χ1v) is 20.6. The molecule has 1 aromatic rings. The lowest BCUT2D eigenvalue weighted by Gasteiger charge is -2.19. The lowest BCUT2D eigenvalue weighted by Crippen LogP contribution is -2.47. The van der Waals surface area contributed by atoms with Gasteiger partial charge in [-0.1, -0.05) is 179 Å². The minimum Gasteiger partial charge on any atom is -0.445 e. The van der Waals surface area contributed by atoms with Crippen molar-refractivity contribution >= 4 is 17.9 Å². The summed E-state index contributed by atoms with van der Waals surface area (Å²) in [7, 11) is 0. The van der Waals surface area contributed by atoms with Crippen LogP contribution in [0, 0.1) is 0 Å². The molecular weight excluding hydrogens is 610 g/mol. The molecule has 0 fully saturated rings. The summed E-state index contributed by atoms with van der Waals surface area (Å²) < 4.78 is 5.28. The van der Waals surface area contributed by atoms with Crippen molar-refractivity contribution in [3.8, 4) is 0 Å². The first kappa shape index (κ1) is 44.5. The van der Waals surface area contributed by atoms with E-state index in [2.05, 4.69) is 29.8 Å². The number of unbranched alkanes of at least 4 members (excludes halogenated alkanes) is 22. The van der Waals surface area contributed by atoms with E-state index in [0.29, 0.717) is 38.8 Å². The van der Waals surface area contributed by atoms with Crippen LogP contribution in [0.1, 0.15) is 193 Å². The highest BCUT2D eigenvalue weighted by atomic mass is 16.5. The molecule has 0 aliphatic rings. The molecule has 0 spiro atoms. The van der Waals surface area contributed by atoms with E-state index in [1.54, 1.807) is 0 Å². The molecule has 1 rings (SSSR count). The Morgan fingerprint density at radius 2 is 1.00 bits per heavy atom. The molecule has 0 heterocycles. The van der Waals surface area contributed by atoms with E-state index >= 15 is 0 Å². The first-order valence-electron chi connectivity index (χ1n) is 20.6. The number of hydrogen-bond donors (Lipinski definition) is 3. The maximum Gasteiger partial charge on any atom is 0.407 e. The zero-order valence-corrected chi connectivity index (χ0v) is 31.8. The Balaban J connectivity index is 2.29. The predicted octanol–water partition coefficient (Wildman–Crippen LogP) is 11.1. The highest BCUT2D eigenvalue weighted by Crippen LogP contribution is 2.14. The Labute approximate surface area is 301 Å². The van der Waals surface area contributed by atoms with Crippen LogP contribution in [0.25, 0.3) is 0 Å². The van der Waals surface area contributed by atoms with Crippen LogP contribution in [-0.2, 0) is 20.9 Å². The summed E-state index contributed by atoms with van der Waals surface area (Å²) in [6.45, 7) is 5.87. The highest BCUT2D eigenvalue weighted by Gasteiger charge is 2.20. The normalized spacial score (nSPS) is 11.6. The van der Waals surface area contributed by atoms with Crippen molar-refractivity contribution in [1.29, 1.82) is 0 Å². The van der Waals surface area contributed by atoms with Crippen molar-refractivity contribution in [2.24, 2.45) is 0 Å². The summed E-state index contributed by atoms with van der Waals surface area (Å²) in [5, 5.41) is 8.89. The Kier molecular flexibility index (Phi) is 30.8. The molecule has 0 aromatic heterocycles. The van der Waals surface area contributed by atoms with Gasteiger partial charge in [0.2, 0.25) is 11.8 Å². The zero-order chi connectivity index (χ0) is 35.5. The van der Waals surface area contributed by atoms with E-state index in [0.717, 1.165) is 31.2 Å². The quantitative estimate of drug-likeness (QED) is 0.0629. The topological polar surface area (TPSA) is 96.5 Å². The van der Waals surface area contributed by atoms with Gasteiger partial charge in [0.25, 0.3) is 0 Å². The number of carbonyl (C=O) groups is 3. The van der Waals surface area contributed by atoms with Crippen molar-refractivity contribution in [3.05, 3.63) is 35.9 Å². The van der Waals surface area contributed by atoms with Gasteiger partial charge in [0, 0.05) is 19.5 Å². The fraction of sp³-hybridized carbons (Fsp3) is 0.786. The third-order valence-electron chi connectivity index (χ3n) is 9.39. The van der Waals surface area contributed by atoms with Gasteiger partial charge in [-0.15, -0.1) is 0 Å². The van der Waals surface area contributed by atoms with Gasteiger partial charge in [-0.3, -0.25) is 9.59 Å². The first-order chi connectivity index (χ1) is 24.1. The molecule has 282 valence electrons. The lowest BCUT2D eigenvalue weighted by atomic mass is 10.0. The molecule has 0 saturated heterocycles. The second kappa shape index (κ2) is 33.9. The molecule has 0 bridgehead atoms. The Morgan fingerprint density at radius 1 is 0.551 bits per heavy atom. The molecule has 7 heteroatoms. The summed E-state index contributed by atoms with van der Waals surface area (Å²) in [5.41, 5.74) is 0.943. The van der Waals surface area contributed by atoms with Crippen molar-refractivity contribution in [2.75, 3.05) is 13.1 Å². The number of alkyl carbamates (subject to hydrolysis) is 1. The van der Waals surface area contributed by atoms with Gasteiger partial charge in [-0.05, 0) is 37.7 Å². The Bertz CT molecular complexity index is 910. The van der Waals surface area contributed by atoms with Gasteiger partial charge in [-0.2, -0.15) is 0 Å². The fourth-order valence-corrected chi connectivity index (χ4v) is 6.22. The maximum atomic E-state index is 13.1. The largest absolute Gasteiger partial charge is 0.445 e. The number of carbonyl (C=O) groups excluding carboxylic acids is 3. The van der Waals surface area contributed by atoms with Gasteiger partial charge in [-0.25, -0.2) is 4.79 Å². The minimum absolute atomic E-state index is 0.0372. The van der Waals surface area contributed by atoms with Crippen LogP contribution in [0.15, 0.2) is 30.3 Å². The van der Waals surface area contributed by atoms with Crippen molar-refractivity contribution < 1.29 is 19.1 Å². The molecule has 49 heavy (non-hydrogen) atoms. The van der Waals surface area contributed by atoms with Crippen LogP contribution in [-0.4, -0.2) is 37.0 Å². The number of rotatable bonds is 34. The van der Waals surface area contributed by atoms with Crippen LogP contribution < -0.4 is 16.0 Å². The number of amides is 3. The van der Waals surface area contributed by atoms with Gasteiger partial charge in [0.15, 0.2) is 0 Å². The van der Waals surface area contributed by atoms with E-state index < -0.39 is 12.1 Å². The number of nitrogens with one attached hydrogen (secondary N) is 3. The minimum atomic E-state index is -0.539. The highest BCUT2D eigenvalue weighted by molar-refractivity contribution is 5.87. The molecule has 7 nitrogen and oxygen atoms in total. The predicted molar refractivity (Wildman–Crippen MR) is 206 cm³/mol. The Hall–Kier alpha value is -2.57. The standard InChI is InChI=1S/C42H75N3O4/c1-3-5-7-9-11-13-15-16-17-18-20-22-27-34-40(46)45-39(41(47)43-35-29-23-21-19-14-12-10-8-6-4-2)33-28-30-36-44-42(48)49-37-38-31-25-24-26-32-38/h24-26,31-32,39H,3-23,27-30,33-37H2,1-2H3,(H,43,47)(H,44,48)(H,45,46)/t39-/m0/s1. The van der Waals surface area contributed by atoms with Crippen molar-refractivity contribution in [1.82, 2.24) is 16.0 Å². The summed E-state index contributed by atoms with van der Waals surface area (Å²) in [5.74, 6) is -0.130. The van der Waals surface area contributed by atoms with Crippen molar-refractivity contribution in [3.63, 3.8) is 0 Å². The van der Waals surface area contributed by atoms with Gasteiger partial charge >= 0.3 is 6.09 Å². The SMILES string of the molecule is CCCCCCCCCCCCCCCC(=O)N[C@@H](CCCCNC(=O)OCc1ccccc1)C(=O)NCCCCCCCCCCCC. The second-order valence-corrected chi connectivity index (χ2v) is 14.1. The van der Waals surface area contributed by atoms with Gasteiger partial charge < -0.3 is 20.7 Å². The van der Waals surface area contributed by atoms with Gasteiger partial charge in [0.05, 0.1) is 0 Å². The third-order valence-corrected chi connectivity index (χ3v) is 9.39. The fourth-order valence-electron chi connectivity index (χ4n) is 6.22. The molecule has 1 atom stereocenters. The summed E-state index contributed by atoms with van der Waals surface area (Å²) in [6.07, 6.45) is 31.1. The lowest BCUT2D eigenvalue weighted by molar-refractivity contribution is -0.129. The summed E-state index contributed by atoms with van der Waals surface area (Å²) in [6, 6.07) is 9.06. The van der Waals surface area contributed by atoms with Gasteiger partial charge in [0.1, 0.15) is 12.6 Å². The molecule has 1 aromatic carbocycles. The average molecular weight is 686 g/mol. The second-order valence-electron chi connectivity index (χ2n) is 14.1. The van der Waals surface area contributed by atoms with Crippen LogP contribution in [0.5, 0.6) is 0 Å². The van der Waals surface area contributed by atoms with Crippen LogP contribution in [0.3, 0.4) is 0 Å². The number of ether oxygens (including phenoxy) is 1.